The number of benzene rings is 3. The molecule has 0 radical (unpaired) electrons. The monoisotopic (exact) mass is 692 g/mol. The molecule has 0 bridgehead atoms. The molecular weight excluding hydrogens is 664 g/mol. The van der Waals surface area contributed by atoms with Crippen LogP contribution in [0.3, 0.4) is 0 Å². The number of allylic oxidation sites excluding steroid dienone is 1. The molecule has 0 unspecified atom stereocenters. The molecule has 182 valence electrons. The van der Waals surface area contributed by atoms with E-state index in [4.69, 9.17) is 4.74 Å². The van der Waals surface area contributed by atoms with Gasteiger partial charge in [-0.3, -0.25) is 0 Å². The normalized spacial score (nSPS) is 17.9. The molecule has 6 heteroatoms. The SMILES string of the molecule is Cc1ccc(I)cc1C(=O)C1=C(c2ccc(OCCN3CC[C@@H](C)C3)cc2)c2ccc(O)cc2[I-]1. The summed E-state index contributed by atoms with van der Waals surface area (Å²) in [6.07, 6.45) is 1.27. The molecule has 5 rings (SSSR count). The van der Waals surface area contributed by atoms with Crippen molar-refractivity contribution in [3.8, 4) is 11.5 Å². The number of Topliss-reactive ketones (excluding diaryl/α,β-unsaturated/α-hetero) is 1. The van der Waals surface area contributed by atoms with E-state index in [1.807, 2.05) is 49.4 Å². The van der Waals surface area contributed by atoms with Gasteiger partial charge in [0, 0.05) is 0 Å². The van der Waals surface area contributed by atoms with Gasteiger partial charge in [-0.1, -0.05) is 6.92 Å². The van der Waals surface area contributed by atoms with E-state index in [1.54, 1.807) is 6.07 Å². The van der Waals surface area contributed by atoms with Crippen molar-refractivity contribution in [2.75, 3.05) is 26.2 Å². The summed E-state index contributed by atoms with van der Waals surface area (Å²) in [7, 11) is 0. The number of nitrogens with zero attached hydrogens (tertiary/aromatic N) is 1. The number of hydrogen-bond donors (Lipinski definition) is 1. The number of aromatic hydroxyl groups is 1. The fourth-order valence-corrected chi connectivity index (χ4v) is 8.38. The number of fused-ring (bicyclic) bond motifs is 1. The van der Waals surface area contributed by atoms with Gasteiger partial charge in [0.2, 0.25) is 0 Å². The second-order valence-electron chi connectivity index (χ2n) is 9.30. The van der Waals surface area contributed by atoms with E-state index in [2.05, 4.69) is 46.5 Å². The number of phenolic OH excluding ortho intramolecular Hbond substituents is 1. The summed E-state index contributed by atoms with van der Waals surface area (Å²) in [5, 5.41) is 10.1. The molecule has 3 aromatic rings. The average Bonchev–Trinajstić information content (AvgIpc) is 3.43. The van der Waals surface area contributed by atoms with E-state index >= 15 is 0 Å². The van der Waals surface area contributed by atoms with Crippen molar-refractivity contribution in [2.45, 2.75) is 20.3 Å². The predicted molar refractivity (Wildman–Crippen MR) is 143 cm³/mol. The molecule has 2 heterocycles. The van der Waals surface area contributed by atoms with Crippen molar-refractivity contribution in [3.63, 3.8) is 0 Å². The van der Waals surface area contributed by atoms with Crippen LogP contribution in [0.2, 0.25) is 0 Å². The number of carbonyl (C=O) groups is 1. The Morgan fingerprint density at radius 2 is 1.94 bits per heavy atom. The predicted octanol–water partition coefficient (Wildman–Crippen LogP) is 2.94. The zero-order chi connectivity index (χ0) is 24.5. The molecule has 4 nitrogen and oxygen atoms in total. The van der Waals surface area contributed by atoms with Gasteiger partial charge >= 0.3 is 225 Å². The van der Waals surface area contributed by atoms with Gasteiger partial charge in [-0.2, -0.15) is 0 Å². The molecule has 0 amide bonds. The summed E-state index contributed by atoms with van der Waals surface area (Å²) in [6, 6.07) is 19.6. The zero-order valence-electron chi connectivity index (χ0n) is 19.9. The van der Waals surface area contributed by atoms with Crippen LogP contribution in [0.4, 0.5) is 0 Å². The first-order valence-corrected chi connectivity index (χ1v) is 15.1. The number of rotatable bonds is 7. The molecule has 1 N–H and O–H groups in total. The van der Waals surface area contributed by atoms with E-state index in [0.29, 0.717) is 6.61 Å². The Hall–Kier alpha value is -1.91. The van der Waals surface area contributed by atoms with Gasteiger partial charge in [-0.15, -0.1) is 0 Å². The zero-order valence-corrected chi connectivity index (χ0v) is 24.2. The van der Waals surface area contributed by atoms with E-state index in [0.717, 1.165) is 69.8 Å². The number of hydrogen-bond acceptors (Lipinski definition) is 4. The van der Waals surface area contributed by atoms with Gasteiger partial charge in [0.25, 0.3) is 0 Å². The van der Waals surface area contributed by atoms with Gasteiger partial charge in [0.1, 0.15) is 0 Å². The van der Waals surface area contributed by atoms with E-state index in [-0.39, 0.29) is 11.5 Å². The quantitative estimate of drug-likeness (QED) is 0.306. The molecule has 1 atom stereocenters. The van der Waals surface area contributed by atoms with Crippen molar-refractivity contribution < 1.29 is 35.8 Å². The Morgan fingerprint density at radius 3 is 2.69 bits per heavy atom. The second kappa shape index (κ2) is 10.6. The summed E-state index contributed by atoms with van der Waals surface area (Å²) in [6.45, 7) is 8.24. The van der Waals surface area contributed by atoms with Gasteiger partial charge in [0.05, 0.1) is 0 Å². The summed E-state index contributed by atoms with van der Waals surface area (Å²) in [5.41, 5.74) is 4.81. The standard InChI is InChI=1S/C29H28I2NO3/c1-18-11-12-32(17-18)13-14-35-23-8-4-20(5-9-23)27-24-10-7-22(33)16-26(24)31-28(27)29(34)25-15-21(30)6-3-19(25)2/h3-10,15-16,18,33H,11-14,17H2,1-2H3/q-1/t18-/m1/s1. The van der Waals surface area contributed by atoms with Crippen molar-refractivity contribution >= 4 is 33.9 Å². The van der Waals surface area contributed by atoms with Gasteiger partial charge in [-0.25, -0.2) is 0 Å². The number of ether oxygens (including phenoxy) is 1. The van der Waals surface area contributed by atoms with Crippen molar-refractivity contribution in [1.29, 1.82) is 0 Å². The fraction of sp³-hybridized carbons (Fsp3) is 0.276. The van der Waals surface area contributed by atoms with Crippen molar-refractivity contribution in [2.24, 2.45) is 5.92 Å². The molecule has 1 saturated heterocycles. The fourth-order valence-electron chi connectivity index (χ4n) is 4.69. The molecule has 1 fully saturated rings. The molecule has 35 heavy (non-hydrogen) atoms. The molecule has 0 saturated carbocycles. The summed E-state index contributed by atoms with van der Waals surface area (Å²) >= 11 is 1.55. The van der Waals surface area contributed by atoms with Crippen LogP contribution < -0.4 is 25.9 Å². The third-order valence-corrected chi connectivity index (χ3v) is 10.3. The molecule has 2 aliphatic heterocycles. The Labute approximate surface area is 230 Å². The molecule has 2 aliphatic rings. The average molecular weight is 692 g/mol. The minimum atomic E-state index is -0.711. The number of halogens is 2. The van der Waals surface area contributed by atoms with Gasteiger partial charge < -0.3 is 0 Å². The molecular formula is C29H28I2NO3-. The third kappa shape index (κ3) is 5.44. The van der Waals surface area contributed by atoms with Crippen LogP contribution in [0.1, 0.15) is 40.4 Å². The van der Waals surface area contributed by atoms with Crippen LogP contribution in [0.25, 0.3) is 5.57 Å². The van der Waals surface area contributed by atoms with Crippen LogP contribution >= 0.6 is 22.6 Å². The number of likely N-dealkylation sites (tertiary alicyclic amines) is 1. The summed E-state index contributed by atoms with van der Waals surface area (Å²) in [4.78, 5) is 16.3. The molecule has 3 aromatic carbocycles. The Kier molecular flexibility index (Phi) is 7.50. The van der Waals surface area contributed by atoms with Crippen molar-refractivity contribution in [1.82, 2.24) is 4.90 Å². The van der Waals surface area contributed by atoms with Crippen molar-refractivity contribution in [3.05, 3.63) is 93.6 Å². The maximum atomic E-state index is 13.8. The third-order valence-electron chi connectivity index (χ3n) is 6.61. The van der Waals surface area contributed by atoms with Crippen LogP contribution in [-0.4, -0.2) is 42.0 Å². The minimum absolute atomic E-state index is 0.0969. The van der Waals surface area contributed by atoms with E-state index < -0.39 is 21.2 Å². The van der Waals surface area contributed by atoms with Crippen LogP contribution in [0.5, 0.6) is 11.5 Å². The maximum absolute atomic E-state index is 13.8. The van der Waals surface area contributed by atoms with Gasteiger partial charge in [0.15, 0.2) is 0 Å². The van der Waals surface area contributed by atoms with Crippen LogP contribution in [-0.2, 0) is 0 Å². The summed E-state index contributed by atoms with van der Waals surface area (Å²) < 4.78 is 9.05. The first-order chi connectivity index (χ1) is 16.9. The second-order valence-corrected chi connectivity index (χ2v) is 13.3. The number of phenols is 1. The molecule has 0 aromatic heterocycles. The number of ketones is 1. The van der Waals surface area contributed by atoms with E-state index in [1.165, 1.54) is 6.42 Å². The number of carbonyl (C=O) groups excluding carboxylic acids is 1. The topological polar surface area (TPSA) is 49.8 Å². The first-order valence-electron chi connectivity index (χ1n) is 11.9. The van der Waals surface area contributed by atoms with Crippen LogP contribution in [0.15, 0.2) is 64.2 Å². The Bertz CT molecular complexity index is 1300. The molecule has 0 spiro atoms. The Balaban J connectivity index is 1.42. The number of aryl methyl sites for hydroxylation is 1. The van der Waals surface area contributed by atoms with Crippen LogP contribution in [0, 0.1) is 20.0 Å². The summed E-state index contributed by atoms with van der Waals surface area (Å²) in [5.74, 6) is 1.97. The Morgan fingerprint density at radius 1 is 1.14 bits per heavy atom. The van der Waals surface area contributed by atoms with Gasteiger partial charge in [-0.05, 0) is 0 Å². The first kappa shape index (κ1) is 24.8. The van der Waals surface area contributed by atoms with E-state index in [9.17, 15) is 9.90 Å². The molecule has 0 aliphatic carbocycles.